The number of nitrogen functional groups attached to an aromatic ring is 1. The molecule has 2 N–H and O–H groups in total. The minimum atomic E-state index is 0.549. The quantitative estimate of drug-likeness (QED) is 0.771. The summed E-state index contributed by atoms with van der Waals surface area (Å²) >= 11 is 0. The summed E-state index contributed by atoms with van der Waals surface area (Å²) in [4.78, 5) is 4.03. The van der Waals surface area contributed by atoms with E-state index < -0.39 is 0 Å². The number of pyridine rings is 1. The maximum Gasteiger partial charge on any atom is 0.123 e. The molecule has 0 atom stereocenters. The molecule has 2 heterocycles. The van der Waals surface area contributed by atoms with Crippen molar-refractivity contribution in [1.29, 1.82) is 0 Å². The van der Waals surface area contributed by atoms with Crippen LogP contribution >= 0.6 is 0 Å². The van der Waals surface area contributed by atoms with Crippen molar-refractivity contribution in [3.63, 3.8) is 0 Å². The molecule has 4 nitrogen and oxygen atoms in total. The highest BCUT2D eigenvalue weighted by Gasteiger charge is 2.21. The molecule has 0 spiro atoms. The largest absolute Gasteiger partial charge is 0.384 e. The number of rotatable bonds is 2. The van der Waals surface area contributed by atoms with E-state index in [0.29, 0.717) is 11.9 Å². The van der Waals surface area contributed by atoms with Gasteiger partial charge in [-0.3, -0.25) is 4.68 Å². The molecule has 0 aliphatic heterocycles. The highest BCUT2D eigenvalue weighted by atomic mass is 15.3. The molecular formula is C16H16N4. The molecule has 2 aromatic heterocycles. The lowest BCUT2D eigenvalue weighted by Gasteiger charge is -2.26. The fourth-order valence-electron chi connectivity index (χ4n) is 2.78. The Morgan fingerprint density at radius 2 is 1.95 bits per heavy atom. The number of benzene rings is 1. The number of anilines is 1. The Bertz CT molecular complexity index is 771. The Labute approximate surface area is 117 Å². The van der Waals surface area contributed by atoms with Gasteiger partial charge in [0.05, 0.1) is 17.8 Å². The Morgan fingerprint density at radius 1 is 1.10 bits per heavy atom. The molecule has 0 saturated heterocycles. The number of hydrogen-bond acceptors (Lipinski definition) is 3. The zero-order valence-electron chi connectivity index (χ0n) is 11.2. The van der Waals surface area contributed by atoms with Gasteiger partial charge in [0.1, 0.15) is 5.82 Å². The first-order chi connectivity index (χ1) is 9.81. The van der Waals surface area contributed by atoms with E-state index in [-0.39, 0.29) is 0 Å². The van der Waals surface area contributed by atoms with Gasteiger partial charge in [-0.05, 0) is 54.7 Å². The summed E-state index contributed by atoms with van der Waals surface area (Å²) in [6.45, 7) is 0. The average Bonchev–Trinajstić information content (AvgIpc) is 2.80. The summed E-state index contributed by atoms with van der Waals surface area (Å²) in [5.74, 6) is 0.549. The van der Waals surface area contributed by atoms with E-state index in [1.165, 1.54) is 30.2 Å². The van der Waals surface area contributed by atoms with Gasteiger partial charge in [0.2, 0.25) is 0 Å². The van der Waals surface area contributed by atoms with Crippen molar-refractivity contribution in [2.24, 2.45) is 0 Å². The van der Waals surface area contributed by atoms with Gasteiger partial charge in [0, 0.05) is 11.6 Å². The van der Waals surface area contributed by atoms with Crippen molar-refractivity contribution in [3.05, 3.63) is 42.7 Å². The Kier molecular flexibility index (Phi) is 2.49. The van der Waals surface area contributed by atoms with Crippen LogP contribution in [0.3, 0.4) is 0 Å². The summed E-state index contributed by atoms with van der Waals surface area (Å²) < 4.78 is 2.17. The minimum Gasteiger partial charge on any atom is -0.384 e. The van der Waals surface area contributed by atoms with Gasteiger partial charge in [-0.25, -0.2) is 4.98 Å². The molecule has 3 aromatic rings. The molecular weight excluding hydrogens is 248 g/mol. The van der Waals surface area contributed by atoms with Gasteiger partial charge in [-0.2, -0.15) is 5.10 Å². The van der Waals surface area contributed by atoms with Gasteiger partial charge >= 0.3 is 0 Å². The maximum atomic E-state index is 5.75. The third-order valence-electron chi connectivity index (χ3n) is 4.13. The molecule has 20 heavy (non-hydrogen) atoms. The topological polar surface area (TPSA) is 56.7 Å². The van der Waals surface area contributed by atoms with E-state index in [0.717, 1.165) is 11.1 Å². The number of fused-ring (bicyclic) bond motifs is 1. The number of aromatic nitrogens is 3. The summed E-state index contributed by atoms with van der Waals surface area (Å²) in [5, 5.41) is 5.73. The van der Waals surface area contributed by atoms with Gasteiger partial charge in [0.25, 0.3) is 0 Å². The van der Waals surface area contributed by atoms with Crippen LogP contribution in [0.15, 0.2) is 42.7 Å². The van der Waals surface area contributed by atoms with Crippen molar-refractivity contribution in [2.45, 2.75) is 25.3 Å². The molecule has 1 fully saturated rings. The van der Waals surface area contributed by atoms with Crippen molar-refractivity contribution in [1.82, 2.24) is 14.8 Å². The highest BCUT2D eigenvalue weighted by Crippen LogP contribution is 2.34. The molecule has 100 valence electrons. The Morgan fingerprint density at radius 3 is 2.70 bits per heavy atom. The lowest BCUT2D eigenvalue weighted by Crippen LogP contribution is -2.17. The molecule has 4 heteroatoms. The van der Waals surface area contributed by atoms with Gasteiger partial charge in [-0.1, -0.05) is 6.07 Å². The van der Waals surface area contributed by atoms with E-state index in [9.17, 15) is 0 Å². The second-order valence-corrected chi connectivity index (χ2v) is 5.42. The van der Waals surface area contributed by atoms with Crippen LogP contribution in [0, 0.1) is 0 Å². The molecule has 0 amide bonds. The number of nitrogens with zero attached hydrogens (tertiary/aromatic N) is 3. The first-order valence-electron chi connectivity index (χ1n) is 7.00. The van der Waals surface area contributed by atoms with E-state index >= 15 is 0 Å². The fraction of sp³-hybridized carbons (Fsp3) is 0.250. The van der Waals surface area contributed by atoms with Crippen molar-refractivity contribution < 1.29 is 0 Å². The molecule has 1 aliphatic rings. The van der Waals surface area contributed by atoms with Crippen LogP contribution in [-0.4, -0.2) is 14.8 Å². The molecule has 4 rings (SSSR count). The van der Waals surface area contributed by atoms with Gasteiger partial charge in [-0.15, -0.1) is 0 Å². The van der Waals surface area contributed by atoms with Crippen molar-refractivity contribution in [3.8, 4) is 11.1 Å². The monoisotopic (exact) mass is 264 g/mol. The third-order valence-corrected chi connectivity index (χ3v) is 4.13. The van der Waals surface area contributed by atoms with Crippen LogP contribution in [-0.2, 0) is 0 Å². The third kappa shape index (κ3) is 1.76. The summed E-state index contributed by atoms with van der Waals surface area (Å²) in [6, 6.07) is 10.9. The van der Waals surface area contributed by atoms with Gasteiger partial charge in [0.15, 0.2) is 0 Å². The summed E-state index contributed by atoms with van der Waals surface area (Å²) in [6.07, 6.45) is 7.52. The van der Waals surface area contributed by atoms with Crippen molar-refractivity contribution >= 4 is 16.7 Å². The number of nitrogens with two attached hydrogens (primary N) is 1. The highest BCUT2D eigenvalue weighted by molar-refractivity contribution is 5.85. The first kappa shape index (κ1) is 11.5. The molecule has 1 aliphatic carbocycles. The second-order valence-electron chi connectivity index (χ2n) is 5.42. The molecule has 0 bridgehead atoms. The Hall–Kier alpha value is -2.36. The normalized spacial score (nSPS) is 15.4. The van der Waals surface area contributed by atoms with E-state index in [1.807, 2.05) is 18.3 Å². The zero-order chi connectivity index (χ0) is 13.5. The molecule has 1 saturated carbocycles. The lowest BCUT2D eigenvalue weighted by molar-refractivity contribution is 0.297. The lowest BCUT2D eigenvalue weighted by atomic mass is 9.93. The summed E-state index contributed by atoms with van der Waals surface area (Å²) in [7, 11) is 0. The fourth-order valence-corrected chi connectivity index (χ4v) is 2.78. The minimum absolute atomic E-state index is 0.549. The van der Waals surface area contributed by atoms with Crippen LogP contribution in [0.5, 0.6) is 0 Å². The van der Waals surface area contributed by atoms with Crippen molar-refractivity contribution in [2.75, 3.05) is 5.73 Å². The van der Waals surface area contributed by atoms with Crippen LogP contribution < -0.4 is 5.73 Å². The second kappa shape index (κ2) is 4.34. The van der Waals surface area contributed by atoms with Crippen LogP contribution in [0.1, 0.15) is 25.3 Å². The molecule has 1 aromatic carbocycles. The first-order valence-corrected chi connectivity index (χ1v) is 7.00. The van der Waals surface area contributed by atoms with Crippen LogP contribution in [0.2, 0.25) is 0 Å². The van der Waals surface area contributed by atoms with Crippen LogP contribution in [0.25, 0.3) is 22.0 Å². The molecule has 0 radical (unpaired) electrons. The predicted octanol–water partition coefficient (Wildman–Crippen LogP) is 3.41. The van der Waals surface area contributed by atoms with E-state index in [1.54, 1.807) is 6.20 Å². The number of hydrogen-bond donors (Lipinski definition) is 1. The SMILES string of the molecule is Nc1cc(-c2ccc3c(cnn3C3CCC3)c2)ccn1. The summed E-state index contributed by atoms with van der Waals surface area (Å²) in [5.41, 5.74) is 9.22. The predicted molar refractivity (Wildman–Crippen MR) is 80.3 cm³/mol. The standard InChI is InChI=1S/C16H16N4/c17-16-9-12(6-7-18-16)11-4-5-15-13(8-11)10-19-20(15)14-2-1-3-14/h4-10,14H,1-3H2,(H2,17,18). The Balaban J connectivity index is 1.79. The van der Waals surface area contributed by atoms with Gasteiger partial charge < -0.3 is 5.73 Å². The zero-order valence-corrected chi connectivity index (χ0v) is 11.2. The maximum absolute atomic E-state index is 5.75. The van der Waals surface area contributed by atoms with Crippen LogP contribution in [0.4, 0.5) is 5.82 Å². The smallest absolute Gasteiger partial charge is 0.123 e. The van der Waals surface area contributed by atoms with E-state index in [4.69, 9.17) is 5.73 Å². The average molecular weight is 264 g/mol. The molecule has 0 unspecified atom stereocenters. The van der Waals surface area contributed by atoms with E-state index in [2.05, 4.69) is 33.0 Å².